The van der Waals surface area contributed by atoms with Crippen LogP contribution >= 0.6 is 0 Å². The van der Waals surface area contributed by atoms with Crippen LogP contribution in [0.3, 0.4) is 0 Å². The van der Waals surface area contributed by atoms with Gasteiger partial charge in [0.05, 0.1) is 26.4 Å². The molecular formula is C8H13N3O2. The van der Waals surface area contributed by atoms with Gasteiger partial charge in [0, 0.05) is 6.20 Å². The third-order valence-corrected chi connectivity index (χ3v) is 1.94. The molecule has 1 fully saturated rings. The van der Waals surface area contributed by atoms with E-state index in [0.29, 0.717) is 12.4 Å². The monoisotopic (exact) mass is 183 g/mol. The lowest BCUT2D eigenvalue weighted by atomic mass is 10.3. The Balaban J connectivity index is 1.67. The van der Waals surface area contributed by atoms with Crippen LogP contribution in [0.25, 0.3) is 0 Å². The van der Waals surface area contributed by atoms with E-state index < -0.39 is 0 Å². The molecule has 1 aromatic rings. The molecule has 5 heteroatoms. The summed E-state index contributed by atoms with van der Waals surface area (Å²) >= 11 is 0. The second-order valence-electron chi connectivity index (χ2n) is 3.03. The number of anilines is 1. The lowest BCUT2D eigenvalue weighted by Gasteiger charge is -2.25. The summed E-state index contributed by atoms with van der Waals surface area (Å²) < 4.78 is 12.2. The summed E-state index contributed by atoms with van der Waals surface area (Å²) in [6.45, 7) is 2.85. The predicted molar refractivity (Wildman–Crippen MR) is 47.2 cm³/mol. The number of nitrogen functional groups attached to an aromatic ring is 1. The van der Waals surface area contributed by atoms with Crippen molar-refractivity contribution in [2.45, 2.75) is 12.6 Å². The molecule has 1 aromatic heterocycles. The second kappa shape index (κ2) is 3.76. The highest BCUT2D eigenvalue weighted by Gasteiger charge is 2.18. The molecule has 0 unspecified atom stereocenters. The number of nitrogens with two attached hydrogens (primary N) is 1. The Kier molecular flexibility index (Phi) is 2.47. The highest BCUT2D eigenvalue weighted by Crippen LogP contribution is 2.05. The first-order valence-corrected chi connectivity index (χ1v) is 4.33. The molecule has 0 saturated carbocycles. The van der Waals surface area contributed by atoms with E-state index >= 15 is 0 Å². The minimum absolute atomic E-state index is 0.285. The van der Waals surface area contributed by atoms with Gasteiger partial charge < -0.3 is 15.2 Å². The van der Waals surface area contributed by atoms with E-state index in [1.165, 1.54) is 0 Å². The molecule has 2 N–H and O–H groups in total. The maximum absolute atomic E-state index is 5.46. The van der Waals surface area contributed by atoms with Crippen molar-refractivity contribution in [3.8, 4) is 0 Å². The zero-order chi connectivity index (χ0) is 9.10. The van der Waals surface area contributed by atoms with E-state index in [9.17, 15) is 0 Å². The van der Waals surface area contributed by atoms with E-state index in [2.05, 4.69) is 5.10 Å². The van der Waals surface area contributed by atoms with Crippen molar-refractivity contribution < 1.29 is 9.47 Å². The van der Waals surface area contributed by atoms with Crippen LogP contribution in [-0.2, 0) is 16.0 Å². The Bertz CT molecular complexity index is 270. The van der Waals surface area contributed by atoms with Gasteiger partial charge in [-0.25, -0.2) is 0 Å². The van der Waals surface area contributed by atoms with Gasteiger partial charge in [0.1, 0.15) is 11.9 Å². The third-order valence-electron chi connectivity index (χ3n) is 1.94. The number of hydrogen-bond donors (Lipinski definition) is 1. The van der Waals surface area contributed by atoms with Crippen LogP contribution in [0.1, 0.15) is 0 Å². The van der Waals surface area contributed by atoms with Gasteiger partial charge in [-0.3, -0.25) is 4.68 Å². The lowest BCUT2D eigenvalue weighted by Crippen LogP contribution is -2.36. The molecule has 0 aromatic carbocycles. The fraction of sp³-hybridized carbons (Fsp3) is 0.625. The van der Waals surface area contributed by atoms with Gasteiger partial charge >= 0.3 is 0 Å². The summed E-state index contributed by atoms with van der Waals surface area (Å²) in [5, 5.41) is 4.03. The van der Waals surface area contributed by atoms with Gasteiger partial charge in [0.2, 0.25) is 0 Å². The molecule has 2 rings (SSSR count). The summed E-state index contributed by atoms with van der Waals surface area (Å²) in [7, 11) is 0. The zero-order valence-electron chi connectivity index (χ0n) is 7.35. The first-order valence-electron chi connectivity index (χ1n) is 4.33. The lowest BCUT2D eigenvalue weighted by molar-refractivity contribution is -0.130. The average Bonchev–Trinajstić information content (AvgIpc) is 2.42. The molecule has 2 heterocycles. The number of hydrogen-bond acceptors (Lipinski definition) is 4. The van der Waals surface area contributed by atoms with Crippen LogP contribution in [0.2, 0.25) is 0 Å². The summed E-state index contributed by atoms with van der Waals surface area (Å²) in [4.78, 5) is 0. The van der Waals surface area contributed by atoms with Gasteiger partial charge in [0.25, 0.3) is 0 Å². The van der Waals surface area contributed by atoms with Crippen molar-refractivity contribution in [3.05, 3.63) is 12.3 Å². The molecule has 0 amide bonds. The van der Waals surface area contributed by atoms with Crippen LogP contribution in [0, 0.1) is 0 Å². The van der Waals surface area contributed by atoms with Crippen LogP contribution in [0.15, 0.2) is 12.3 Å². The van der Waals surface area contributed by atoms with Gasteiger partial charge in [0.15, 0.2) is 0 Å². The summed E-state index contributed by atoms with van der Waals surface area (Å²) in [5.74, 6) is 0.548. The van der Waals surface area contributed by atoms with E-state index in [0.717, 1.165) is 19.8 Å². The maximum Gasteiger partial charge on any atom is 0.145 e. The number of nitrogens with zero attached hydrogens (tertiary/aromatic N) is 2. The molecule has 0 spiro atoms. The average molecular weight is 183 g/mol. The predicted octanol–water partition coefficient (Wildman–Crippen LogP) is -0.119. The normalized spacial score (nSPS) is 17.2. The summed E-state index contributed by atoms with van der Waals surface area (Å²) in [5.41, 5.74) is 5.45. The zero-order valence-corrected chi connectivity index (χ0v) is 7.35. The molecule has 0 aliphatic carbocycles. The van der Waals surface area contributed by atoms with Crippen molar-refractivity contribution in [3.63, 3.8) is 0 Å². The fourth-order valence-corrected chi connectivity index (χ4v) is 1.13. The minimum Gasteiger partial charge on any atom is -0.382 e. The van der Waals surface area contributed by atoms with Crippen molar-refractivity contribution >= 4 is 5.82 Å². The standard InChI is InChI=1S/C8H13N3O2/c9-8-1-2-11(10-8)3-4-13-7-5-12-6-7/h1-2,7H,3-6H2,(H2,9,10). The van der Waals surface area contributed by atoms with Gasteiger partial charge in [-0.1, -0.05) is 0 Å². The van der Waals surface area contributed by atoms with Crippen molar-refractivity contribution in [1.29, 1.82) is 0 Å². The highest BCUT2D eigenvalue weighted by molar-refractivity contribution is 5.23. The SMILES string of the molecule is Nc1ccn(CCOC2COC2)n1. The molecule has 1 aliphatic rings. The Hall–Kier alpha value is -1.07. The Labute approximate surface area is 76.4 Å². The molecule has 5 nitrogen and oxygen atoms in total. The van der Waals surface area contributed by atoms with Crippen LogP contribution in [-0.4, -0.2) is 35.7 Å². The summed E-state index contributed by atoms with van der Waals surface area (Å²) in [6, 6.07) is 1.77. The minimum atomic E-state index is 0.285. The molecule has 72 valence electrons. The Morgan fingerprint density at radius 1 is 1.69 bits per heavy atom. The van der Waals surface area contributed by atoms with Gasteiger partial charge in [-0.05, 0) is 6.07 Å². The first-order chi connectivity index (χ1) is 6.34. The number of aromatic nitrogens is 2. The Morgan fingerprint density at radius 3 is 3.08 bits per heavy atom. The van der Waals surface area contributed by atoms with E-state index in [4.69, 9.17) is 15.2 Å². The molecule has 0 radical (unpaired) electrons. The van der Waals surface area contributed by atoms with Crippen LogP contribution in [0.4, 0.5) is 5.82 Å². The number of rotatable bonds is 4. The molecule has 1 aliphatic heterocycles. The van der Waals surface area contributed by atoms with E-state index in [1.54, 1.807) is 10.7 Å². The van der Waals surface area contributed by atoms with Crippen molar-refractivity contribution in [2.24, 2.45) is 0 Å². The van der Waals surface area contributed by atoms with Crippen LogP contribution in [0.5, 0.6) is 0 Å². The fourth-order valence-electron chi connectivity index (χ4n) is 1.13. The second-order valence-corrected chi connectivity index (χ2v) is 3.03. The van der Waals surface area contributed by atoms with Crippen molar-refractivity contribution in [1.82, 2.24) is 9.78 Å². The maximum atomic E-state index is 5.46. The van der Waals surface area contributed by atoms with E-state index in [1.807, 2.05) is 6.20 Å². The molecule has 1 saturated heterocycles. The third kappa shape index (κ3) is 2.19. The molecule has 0 bridgehead atoms. The molecule has 0 atom stereocenters. The van der Waals surface area contributed by atoms with Gasteiger partial charge in [-0.15, -0.1) is 0 Å². The molecule has 13 heavy (non-hydrogen) atoms. The number of ether oxygens (including phenoxy) is 2. The first kappa shape index (κ1) is 8.52. The topological polar surface area (TPSA) is 62.3 Å². The largest absolute Gasteiger partial charge is 0.382 e. The molecular weight excluding hydrogens is 170 g/mol. The van der Waals surface area contributed by atoms with E-state index in [-0.39, 0.29) is 6.10 Å². The van der Waals surface area contributed by atoms with Gasteiger partial charge in [-0.2, -0.15) is 5.10 Å². The smallest absolute Gasteiger partial charge is 0.145 e. The highest BCUT2D eigenvalue weighted by atomic mass is 16.6. The van der Waals surface area contributed by atoms with Crippen LogP contribution < -0.4 is 5.73 Å². The Morgan fingerprint density at radius 2 is 2.54 bits per heavy atom. The van der Waals surface area contributed by atoms with Crippen molar-refractivity contribution in [2.75, 3.05) is 25.6 Å². The quantitative estimate of drug-likeness (QED) is 0.707. The summed E-state index contributed by atoms with van der Waals surface area (Å²) in [6.07, 6.45) is 2.13.